The molecule has 0 heterocycles. The molecule has 0 aliphatic rings. The van der Waals surface area contributed by atoms with E-state index < -0.39 is 26.6 Å². The van der Waals surface area contributed by atoms with Gasteiger partial charge in [-0.15, -0.1) is 0 Å². The summed E-state index contributed by atoms with van der Waals surface area (Å²) in [4.78, 5) is 30.9. The molecule has 304 valence electrons. The number of unbranched alkanes of at least 4 members (excludes halogenated alkanes) is 32. The van der Waals surface area contributed by atoms with Crippen molar-refractivity contribution in [3.05, 3.63) is 12.2 Å². The maximum atomic E-state index is 12.6. The molecular formula is C43H86NO6P. The van der Waals surface area contributed by atoms with Crippen molar-refractivity contribution in [3.63, 3.8) is 0 Å². The van der Waals surface area contributed by atoms with Crippen molar-refractivity contribution in [2.24, 2.45) is 0 Å². The highest BCUT2D eigenvalue weighted by molar-refractivity contribution is 7.46. The fourth-order valence-corrected chi connectivity index (χ4v) is 7.23. The number of allylic oxidation sites excluding steroid dienone is 1. The van der Waals surface area contributed by atoms with Crippen molar-refractivity contribution >= 4 is 13.7 Å². The molecule has 0 saturated carbocycles. The quantitative estimate of drug-likeness (QED) is 0.0281. The van der Waals surface area contributed by atoms with Crippen LogP contribution in [0.4, 0.5) is 0 Å². The lowest BCUT2D eigenvalue weighted by Crippen LogP contribution is -2.45. The Labute approximate surface area is 316 Å². The van der Waals surface area contributed by atoms with E-state index in [0.717, 1.165) is 38.5 Å². The number of aliphatic hydroxyl groups excluding tert-OH is 1. The summed E-state index contributed by atoms with van der Waals surface area (Å²) in [7, 11) is -4.71. The van der Waals surface area contributed by atoms with Gasteiger partial charge in [0, 0.05) is 6.42 Å². The van der Waals surface area contributed by atoms with Crippen LogP contribution in [0.15, 0.2) is 12.2 Å². The summed E-state index contributed by atoms with van der Waals surface area (Å²) in [5.41, 5.74) is 0. The number of rotatable bonds is 41. The summed E-state index contributed by atoms with van der Waals surface area (Å²) in [6.07, 6.45) is 46.6. The van der Waals surface area contributed by atoms with Crippen molar-refractivity contribution in [1.29, 1.82) is 0 Å². The highest BCUT2D eigenvalue weighted by Crippen LogP contribution is 2.35. The van der Waals surface area contributed by atoms with E-state index in [9.17, 15) is 14.5 Å². The van der Waals surface area contributed by atoms with Crippen LogP contribution in [0.25, 0.3) is 0 Å². The van der Waals surface area contributed by atoms with Crippen molar-refractivity contribution in [1.82, 2.24) is 5.32 Å². The Balaban J connectivity index is 3.91. The second-order valence-corrected chi connectivity index (χ2v) is 16.6. The van der Waals surface area contributed by atoms with E-state index in [1.165, 1.54) is 180 Å². The number of hydrogen-bond donors (Lipinski definition) is 4. The van der Waals surface area contributed by atoms with E-state index in [4.69, 9.17) is 9.79 Å². The third-order valence-corrected chi connectivity index (χ3v) is 10.7. The molecule has 0 aliphatic heterocycles. The molecule has 0 fully saturated rings. The Morgan fingerprint density at radius 2 is 0.863 bits per heavy atom. The molecule has 0 rings (SSSR count). The van der Waals surface area contributed by atoms with Crippen LogP contribution in [0.5, 0.6) is 0 Å². The lowest BCUT2D eigenvalue weighted by Gasteiger charge is -2.22. The first-order chi connectivity index (χ1) is 24.8. The Morgan fingerprint density at radius 3 is 1.20 bits per heavy atom. The van der Waals surface area contributed by atoms with E-state index in [1.54, 1.807) is 6.08 Å². The molecule has 0 bridgehead atoms. The maximum Gasteiger partial charge on any atom is 0.469 e. The van der Waals surface area contributed by atoms with Crippen molar-refractivity contribution in [3.8, 4) is 0 Å². The SMILES string of the molecule is CCCCCCCCCCCCCCCCC/C=C/[C@@H](O)[C@H](COP(=O)(O)O)NC(=O)CCCCCCCCCCCCCCCCCCCC. The number of phosphoric ester groups is 1. The standard InChI is InChI=1S/C43H86NO6P/c1-3-5-7-9-11-13-15-17-19-21-23-25-27-29-31-33-35-37-39-43(46)44-41(40-50-51(47,48)49)42(45)38-36-34-32-30-28-26-24-22-20-18-16-14-12-10-8-6-4-2/h36,38,41-42,45H,3-35,37,39-40H2,1-2H3,(H,44,46)(H2,47,48,49)/b38-36+/t41-,42+/m0/s1. The second kappa shape index (κ2) is 39.0. The smallest absolute Gasteiger partial charge is 0.387 e. The third-order valence-electron chi connectivity index (χ3n) is 10.2. The molecule has 0 unspecified atom stereocenters. The Kier molecular flexibility index (Phi) is 38.4. The van der Waals surface area contributed by atoms with Crippen molar-refractivity contribution in [2.75, 3.05) is 6.61 Å². The molecule has 7 nitrogen and oxygen atoms in total. The largest absolute Gasteiger partial charge is 0.469 e. The minimum atomic E-state index is -4.71. The molecule has 1 amide bonds. The number of carbonyl (C=O) groups excluding carboxylic acids is 1. The number of aliphatic hydroxyl groups is 1. The monoisotopic (exact) mass is 744 g/mol. The molecule has 0 aromatic carbocycles. The molecule has 0 spiro atoms. The van der Waals surface area contributed by atoms with Gasteiger partial charge in [-0.25, -0.2) is 4.57 Å². The highest BCUT2D eigenvalue weighted by atomic mass is 31.2. The second-order valence-electron chi connectivity index (χ2n) is 15.4. The van der Waals surface area contributed by atoms with E-state index in [0.29, 0.717) is 6.42 Å². The minimum absolute atomic E-state index is 0.222. The van der Waals surface area contributed by atoms with E-state index in [2.05, 4.69) is 23.7 Å². The van der Waals surface area contributed by atoms with Crippen LogP contribution in [0.1, 0.15) is 239 Å². The zero-order valence-corrected chi connectivity index (χ0v) is 34.7. The lowest BCUT2D eigenvalue weighted by molar-refractivity contribution is -0.123. The number of nitrogens with one attached hydrogen (secondary N) is 1. The first kappa shape index (κ1) is 50.3. The first-order valence-electron chi connectivity index (χ1n) is 22.1. The average Bonchev–Trinajstić information content (AvgIpc) is 3.10. The van der Waals surface area contributed by atoms with Gasteiger partial charge in [-0.1, -0.05) is 225 Å². The Bertz CT molecular complexity index is 803. The van der Waals surface area contributed by atoms with Crippen LogP contribution in [0.2, 0.25) is 0 Å². The van der Waals surface area contributed by atoms with Gasteiger partial charge < -0.3 is 20.2 Å². The summed E-state index contributed by atoms with van der Waals surface area (Å²) in [5.74, 6) is -0.222. The molecule has 2 atom stereocenters. The predicted octanol–water partition coefficient (Wildman–Crippen LogP) is 13.2. The number of phosphoric acid groups is 1. The number of carbonyl (C=O) groups is 1. The first-order valence-corrected chi connectivity index (χ1v) is 23.7. The molecular weight excluding hydrogens is 657 g/mol. The average molecular weight is 744 g/mol. The van der Waals surface area contributed by atoms with Gasteiger partial charge in [0.05, 0.1) is 18.8 Å². The zero-order valence-electron chi connectivity index (χ0n) is 33.8. The normalized spacial score (nSPS) is 13.3. The van der Waals surface area contributed by atoms with Crippen LogP contribution in [0, 0.1) is 0 Å². The van der Waals surface area contributed by atoms with Crippen LogP contribution >= 0.6 is 7.82 Å². The minimum Gasteiger partial charge on any atom is -0.387 e. The Hall–Kier alpha value is -0.720. The molecule has 51 heavy (non-hydrogen) atoms. The van der Waals surface area contributed by atoms with Gasteiger partial charge in [-0.2, -0.15) is 0 Å². The maximum absolute atomic E-state index is 12.6. The molecule has 4 N–H and O–H groups in total. The van der Waals surface area contributed by atoms with Gasteiger partial charge in [-0.3, -0.25) is 9.32 Å². The lowest BCUT2D eigenvalue weighted by atomic mass is 10.0. The molecule has 0 aromatic heterocycles. The summed E-state index contributed by atoms with van der Waals surface area (Å²) in [5, 5.41) is 13.4. The summed E-state index contributed by atoms with van der Waals surface area (Å²) >= 11 is 0. The van der Waals surface area contributed by atoms with E-state index in [1.807, 2.05) is 6.08 Å². The topological polar surface area (TPSA) is 116 Å². The molecule has 0 saturated heterocycles. The summed E-state index contributed by atoms with van der Waals surface area (Å²) < 4.78 is 15.9. The van der Waals surface area contributed by atoms with Crippen LogP contribution in [-0.4, -0.2) is 39.6 Å². The van der Waals surface area contributed by atoms with Crippen LogP contribution in [0.3, 0.4) is 0 Å². The van der Waals surface area contributed by atoms with Gasteiger partial charge in [0.2, 0.25) is 5.91 Å². The van der Waals surface area contributed by atoms with E-state index >= 15 is 0 Å². The Morgan fingerprint density at radius 1 is 0.549 bits per heavy atom. The zero-order chi connectivity index (χ0) is 37.5. The highest BCUT2D eigenvalue weighted by Gasteiger charge is 2.24. The van der Waals surface area contributed by atoms with Gasteiger partial charge in [0.25, 0.3) is 0 Å². The number of hydrogen-bond acceptors (Lipinski definition) is 4. The number of amides is 1. The predicted molar refractivity (Wildman–Crippen MR) is 218 cm³/mol. The van der Waals surface area contributed by atoms with Gasteiger partial charge in [0.15, 0.2) is 0 Å². The van der Waals surface area contributed by atoms with Crippen molar-refractivity contribution in [2.45, 2.75) is 251 Å². The van der Waals surface area contributed by atoms with Crippen LogP contribution in [-0.2, 0) is 13.9 Å². The van der Waals surface area contributed by atoms with Crippen molar-refractivity contribution < 1.29 is 28.8 Å². The summed E-state index contributed by atoms with van der Waals surface area (Å²) in [6, 6.07) is -0.905. The van der Waals surface area contributed by atoms with Crippen LogP contribution < -0.4 is 5.32 Å². The third kappa shape index (κ3) is 40.3. The van der Waals surface area contributed by atoms with Gasteiger partial charge in [-0.05, 0) is 19.3 Å². The molecule has 0 radical (unpaired) electrons. The fourth-order valence-electron chi connectivity index (χ4n) is 6.87. The molecule has 0 aliphatic carbocycles. The molecule has 8 heteroatoms. The summed E-state index contributed by atoms with van der Waals surface area (Å²) in [6.45, 7) is 4.10. The van der Waals surface area contributed by atoms with Gasteiger partial charge >= 0.3 is 7.82 Å². The van der Waals surface area contributed by atoms with Gasteiger partial charge in [0.1, 0.15) is 0 Å². The fraction of sp³-hybridized carbons (Fsp3) is 0.930. The molecule has 0 aromatic rings. The van der Waals surface area contributed by atoms with E-state index in [-0.39, 0.29) is 5.91 Å².